The summed E-state index contributed by atoms with van der Waals surface area (Å²) in [6, 6.07) is 7.24. The molecule has 2 N–H and O–H groups in total. The van der Waals surface area contributed by atoms with E-state index in [1.807, 2.05) is 18.2 Å². The van der Waals surface area contributed by atoms with Crippen molar-refractivity contribution in [2.75, 3.05) is 13.7 Å². The molecule has 1 aromatic rings. The predicted octanol–water partition coefficient (Wildman–Crippen LogP) is 1.36. The van der Waals surface area contributed by atoms with Crippen molar-refractivity contribution >= 4 is 5.97 Å². The van der Waals surface area contributed by atoms with E-state index in [4.69, 9.17) is 4.74 Å². The average Bonchev–Trinajstić information content (AvgIpc) is 2.79. The van der Waals surface area contributed by atoms with E-state index in [2.05, 4.69) is 5.32 Å². The van der Waals surface area contributed by atoms with Crippen LogP contribution in [0.3, 0.4) is 0 Å². The zero-order valence-electron chi connectivity index (χ0n) is 9.19. The minimum Gasteiger partial charge on any atom is -0.497 e. The molecule has 86 valence electrons. The second-order valence-electron chi connectivity index (χ2n) is 3.97. The second kappa shape index (κ2) is 4.14. The Morgan fingerprint density at radius 1 is 1.56 bits per heavy atom. The van der Waals surface area contributed by atoms with Crippen molar-refractivity contribution in [3.63, 3.8) is 0 Å². The largest absolute Gasteiger partial charge is 0.497 e. The molecule has 4 heteroatoms. The zero-order chi connectivity index (χ0) is 11.6. The lowest BCUT2D eigenvalue weighted by Gasteiger charge is -2.25. The van der Waals surface area contributed by atoms with Gasteiger partial charge in [0.05, 0.1) is 7.11 Å². The number of methoxy groups -OCH3 is 1. The normalized spacial score (nSPS) is 24.3. The van der Waals surface area contributed by atoms with Gasteiger partial charge >= 0.3 is 5.97 Å². The second-order valence-corrected chi connectivity index (χ2v) is 3.97. The van der Waals surface area contributed by atoms with Gasteiger partial charge in [-0.1, -0.05) is 12.1 Å². The van der Waals surface area contributed by atoms with Crippen LogP contribution in [-0.2, 0) is 10.3 Å². The molecule has 1 aliphatic heterocycles. The lowest BCUT2D eigenvalue weighted by Crippen LogP contribution is -2.44. The summed E-state index contributed by atoms with van der Waals surface area (Å²) in [4.78, 5) is 11.4. The van der Waals surface area contributed by atoms with Crippen molar-refractivity contribution in [3.8, 4) is 5.75 Å². The third-order valence-electron chi connectivity index (χ3n) is 3.08. The van der Waals surface area contributed by atoms with Crippen LogP contribution in [0.2, 0.25) is 0 Å². The van der Waals surface area contributed by atoms with Crippen LogP contribution in [0.5, 0.6) is 5.75 Å². The van der Waals surface area contributed by atoms with Gasteiger partial charge in [-0.05, 0) is 37.1 Å². The van der Waals surface area contributed by atoms with Crippen molar-refractivity contribution in [3.05, 3.63) is 29.8 Å². The Bertz CT molecular complexity index is 397. The molecule has 1 atom stereocenters. The van der Waals surface area contributed by atoms with Gasteiger partial charge in [-0.2, -0.15) is 0 Å². The Morgan fingerprint density at radius 2 is 2.38 bits per heavy atom. The maximum absolute atomic E-state index is 11.4. The molecule has 16 heavy (non-hydrogen) atoms. The van der Waals surface area contributed by atoms with Crippen LogP contribution in [0.4, 0.5) is 0 Å². The molecule has 0 bridgehead atoms. The molecule has 0 unspecified atom stereocenters. The first kappa shape index (κ1) is 11.0. The molecule has 0 amide bonds. The molecule has 0 radical (unpaired) electrons. The monoisotopic (exact) mass is 221 g/mol. The van der Waals surface area contributed by atoms with E-state index in [-0.39, 0.29) is 0 Å². The highest BCUT2D eigenvalue weighted by atomic mass is 16.5. The van der Waals surface area contributed by atoms with Gasteiger partial charge in [0.1, 0.15) is 11.3 Å². The number of carboxylic acids is 1. The fraction of sp³-hybridized carbons (Fsp3) is 0.417. The number of benzene rings is 1. The summed E-state index contributed by atoms with van der Waals surface area (Å²) in [6.45, 7) is 0.740. The maximum atomic E-state index is 11.4. The van der Waals surface area contributed by atoms with Gasteiger partial charge in [0, 0.05) is 0 Å². The highest BCUT2D eigenvalue weighted by molar-refractivity contribution is 5.81. The summed E-state index contributed by atoms with van der Waals surface area (Å²) in [5.74, 6) is -0.134. The Hall–Kier alpha value is -1.55. The summed E-state index contributed by atoms with van der Waals surface area (Å²) in [6.07, 6.45) is 1.50. The number of hydrogen-bond donors (Lipinski definition) is 2. The van der Waals surface area contributed by atoms with Gasteiger partial charge in [-0.15, -0.1) is 0 Å². The summed E-state index contributed by atoms with van der Waals surface area (Å²) < 4.78 is 5.12. The van der Waals surface area contributed by atoms with Crippen LogP contribution in [0.25, 0.3) is 0 Å². The summed E-state index contributed by atoms with van der Waals surface area (Å²) in [5.41, 5.74) is -0.175. The van der Waals surface area contributed by atoms with E-state index in [0.717, 1.165) is 18.5 Å². The first-order valence-corrected chi connectivity index (χ1v) is 5.32. The van der Waals surface area contributed by atoms with Crippen LogP contribution >= 0.6 is 0 Å². The van der Waals surface area contributed by atoms with Crippen LogP contribution in [0.15, 0.2) is 24.3 Å². The summed E-state index contributed by atoms with van der Waals surface area (Å²) >= 11 is 0. The van der Waals surface area contributed by atoms with Gasteiger partial charge in [0.15, 0.2) is 0 Å². The minimum absolute atomic E-state index is 0.621. The van der Waals surface area contributed by atoms with Crippen molar-refractivity contribution in [2.45, 2.75) is 18.4 Å². The summed E-state index contributed by atoms with van der Waals surface area (Å²) in [7, 11) is 1.58. The van der Waals surface area contributed by atoms with E-state index in [1.54, 1.807) is 13.2 Å². The quantitative estimate of drug-likeness (QED) is 0.809. The molecule has 0 saturated carbocycles. The fourth-order valence-electron chi connectivity index (χ4n) is 2.18. The number of ether oxygens (including phenoxy) is 1. The third kappa shape index (κ3) is 1.65. The molecule has 1 fully saturated rings. The molecular formula is C12H15NO3. The smallest absolute Gasteiger partial charge is 0.328 e. The van der Waals surface area contributed by atoms with Gasteiger partial charge in [0.2, 0.25) is 0 Å². The number of carbonyl (C=O) groups is 1. The molecular weight excluding hydrogens is 206 g/mol. The standard InChI is InChI=1S/C12H15NO3/c1-16-10-5-2-4-9(8-10)12(11(14)15)6-3-7-13-12/h2,4-5,8,13H,3,6-7H2,1H3,(H,14,15)/t12-/m1/s1. The fourth-order valence-corrected chi connectivity index (χ4v) is 2.18. The first-order chi connectivity index (χ1) is 7.69. The van der Waals surface area contributed by atoms with Crippen molar-refractivity contribution in [1.82, 2.24) is 5.32 Å². The topological polar surface area (TPSA) is 58.6 Å². The first-order valence-electron chi connectivity index (χ1n) is 5.32. The van der Waals surface area contributed by atoms with E-state index < -0.39 is 11.5 Å². The van der Waals surface area contributed by atoms with Crippen LogP contribution in [-0.4, -0.2) is 24.7 Å². The van der Waals surface area contributed by atoms with E-state index in [1.165, 1.54) is 0 Å². The summed E-state index contributed by atoms with van der Waals surface area (Å²) in [5, 5.41) is 12.5. The predicted molar refractivity (Wildman–Crippen MR) is 59.5 cm³/mol. The van der Waals surface area contributed by atoms with E-state index >= 15 is 0 Å². The SMILES string of the molecule is COc1cccc([C@@]2(C(=O)O)CCCN2)c1. The number of hydrogen-bond acceptors (Lipinski definition) is 3. The van der Waals surface area contributed by atoms with E-state index in [9.17, 15) is 9.90 Å². The molecule has 2 rings (SSSR count). The molecule has 0 spiro atoms. The lowest BCUT2D eigenvalue weighted by molar-refractivity contribution is -0.144. The molecule has 1 heterocycles. The Balaban J connectivity index is 2.43. The van der Waals surface area contributed by atoms with Gasteiger partial charge in [0.25, 0.3) is 0 Å². The van der Waals surface area contributed by atoms with Crippen molar-refractivity contribution < 1.29 is 14.6 Å². The molecule has 4 nitrogen and oxygen atoms in total. The molecule has 1 saturated heterocycles. The van der Waals surface area contributed by atoms with E-state index in [0.29, 0.717) is 12.2 Å². The van der Waals surface area contributed by atoms with Gasteiger partial charge < -0.3 is 9.84 Å². The number of aliphatic carboxylic acids is 1. The van der Waals surface area contributed by atoms with Crippen LogP contribution in [0, 0.1) is 0 Å². The molecule has 0 aromatic heterocycles. The Kier molecular flexibility index (Phi) is 2.83. The zero-order valence-corrected chi connectivity index (χ0v) is 9.19. The van der Waals surface area contributed by atoms with Gasteiger partial charge in [-0.3, -0.25) is 5.32 Å². The highest BCUT2D eigenvalue weighted by Gasteiger charge is 2.42. The minimum atomic E-state index is -0.936. The molecule has 0 aliphatic carbocycles. The molecule has 1 aromatic carbocycles. The third-order valence-corrected chi connectivity index (χ3v) is 3.08. The van der Waals surface area contributed by atoms with Crippen molar-refractivity contribution in [2.24, 2.45) is 0 Å². The van der Waals surface area contributed by atoms with Crippen molar-refractivity contribution in [1.29, 1.82) is 0 Å². The molecule has 1 aliphatic rings. The lowest BCUT2D eigenvalue weighted by atomic mass is 9.88. The Labute approximate surface area is 94.2 Å². The average molecular weight is 221 g/mol. The highest BCUT2D eigenvalue weighted by Crippen LogP contribution is 2.32. The van der Waals surface area contributed by atoms with Gasteiger partial charge in [-0.25, -0.2) is 4.79 Å². The number of rotatable bonds is 3. The van der Waals surface area contributed by atoms with Crippen LogP contribution in [0.1, 0.15) is 18.4 Å². The number of nitrogens with one attached hydrogen (secondary N) is 1. The number of carboxylic acid groups (broad SMARTS) is 1. The Morgan fingerprint density at radius 3 is 2.94 bits per heavy atom. The van der Waals surface area contributed by atoms with Crippen LogP contribution < -0.4 is 10.1 Å². The maximum Gasteiger partial charge on any atom is 0.328 e.